The average Bonchev–Trinajstić information content (AvgIpc) is 2.84. The molecular weight excluding hydrogens is 430 g/mol. The van der Waals surface area contributed by atoms with Gasteiger partial charge in [0, 0.05) is 18.7 Å². The van der Waals surface area contributed by atoms with Gasteiger partial charge in [0.1, 0.15) is 6.04 Å². The first-order valence-corrected chi connectivity index (χ1v) is 13.3. The Morgan fingerprint density at radius 3 is 2.24 bits per heavy atom. The number of nitrogens with zero attached hydrogens (tertiary/aromatic N) is 2. The zero-order valence-corrected chi connectivity index (χ0v) is 22.2. The SMILES string of the molecule is CCC(C)N1CCCC[C@@H]1C(=O)N[C@H](C(=O)N(C)[C@H](/C=C(\C)C(=O)O)C(C)C)C1CCCCC1. The molecule has 1 saturated carbocycles. The molecule has 0 aromatic carbocycles. The normalized spacial score (nSPS) is 23.3. The Hall–Kier alpha value is -1.89. The molecule has 194 valence electrons. The highest BCUT2D eigenvalue weighted by molar-refractivity contribution is 5.90. The van der Waals surface area contributed by atoms with Gasteiger partial charge in [-0.3, -0.25) is 14.5 Å². The van der Waals surface area contributed by atoms with Crippen LogP contribution in [0, 0.1) is 11.8 Å². The molecule has 4 atom stereocenters. The third kappa shape index (κ3) is 7.30. The summed E-state index contributed by atoms with van der Waals surface area (Å²) in [6, 6.07) is -0.781. The topological polar surface area (TPSA) is 90.0 Å². The van der Waals surface area contributed by atoms with E-state index in [1.807, 2.05) is 13.8 Å². The van der Waals surface area contributed by atoms with Gasteiger partial charge in [0.15, 0.2) is 0 Å². The van der Waals surface area contributed by atoms with E-state index in [0.29, 0.717) is 6.04 Å². The van der Waals surface area contributed by atoms with Gasteiger partial charge in [-0.1, -0.05) is 52.5 Å². The molecule has 1 aliphatic carbocycles. The minimum atomic E-state index is -0.980. The van der Waals surface area contributed by atoms with Crippen molar-refractivity contribution < 1.29 is 19.5 Å². The number of nitrogens with one attached hydrogen (secondary N) is 1. The van der Waals surface area contributed by atoms with E-state index in [0.717, 1.165) is 57.9 Å². The Kier molecular flexibility index (Phi) is 11.1. The highest BCUT2D eigenvalue weighted by atomic mass is 16.4. The zero-order chi connectivity index (χ0) is 25.4. The Morgan fingerprint density at radius 2 is 1.68 bits per heavy atom. The molecular formula is C27H47N3O4. The maximum atomic E-state index is 13.9. The van der Waals surface area contributed by atoms with Crippen LogP contribution in [0.2, 0.25) is 0 Å². The fourth-order valence-electron chi connectivity index (χ4n) is 5.54. The fraction of sp³-hybridized carbons (Fsp3) is 0.815. The number of carboxylic acids is 1. The molecule has 34 heavy (non-hydrogen) atoms. The second-order valence-corrected chi connectivity index (χ2v) is 10.7. The summed E-state index contributed by atoms with van der Waals surface area (Å²) < 4.78 is 0. The van der Waals surface area contributed by atoms with Crippen LogP contribution in [0.1, 0.15) is 92.4 Å². The monoisotopic (exact) mass is 477 g/mol. The largest absolute Gasteiger partial charge is 0.478 e. The molecule has 1 aliphatic heterocycles. The van der Waals surface area contributed by atoms with Gasteiger partial charge in [0.2, 0.25) is 11.8 Å². The van der Waals surface area contributed by atoms with Crippen molar-refractivity contribution >= 4 is 17.8 Å². The second kappa shape index (κ2) is 13.3. The molecule has 2 rings (SSSR count). The highest BCUT2D eigenvalue weighted by Gasteiger charge is 2.38. The van der Waals surface area contributed by atoms with Crippen LogP contribution >= 0.6 is 0 Å². The Morgan fingerprint density at radius 1 is 1.06 bits per heavy atom. The summed E-state index contributed by atoms with van der Waals surface area (Å²) in [6.07, 6.45) is 10.8. The van der Waals surface area contributed by atoms with Gasteiger partial charge >= 0.3 is 5.97 Å². The number of aliphatic carboxylic acids is 1. The lowest BCUT2D eigenvalue weighted by Gasteiger charge is -2.41. The Balaban J connectivity index is 2.29. The quantitative estimate of drug-likeness (QED) is 0.460. The first-order valence-electron chi connectivity index (χ1n) is 13.3. The molecule has 0 aromatic rings. The Bertz CT molecular complexity index is 729. The number of hydrogen-bond acceptors (Lipinski definition) is 4. The number of carbonyl (C=O) groups excluding carboxylic acids is 2. The van der Waals surface area contributed by atoms with Gasteiger partial charge < -0.3 is 15.3 Å². The molecule has 0 aromatic heterocycles. The molecule has 0 spiro atoms. The maximum Gasteiger partial charge on any atom is 0.331 e. The number of amides is 2. The van der Waals surface area contributed by atoms with E-state index < -0.39 is 12.0 Å². The molecule has 1 unspecified atom stereocenters. The predicted octanol–water partition coefficient (Wildman–Crippen LogP) is 4.22. The van der Waals surface area contributed by atoms with E-state index in [1.54, 1.807) is 24.9 Å². The molecule has 1 heterocycles. The second-order valence-electron chi connectivity index (χ2n) is 10.7. The lowest BCUT2D eigenvalue weighted by Crippen LogP contribution is -2.59. The number of likely N-dealkylation sites (tertiary alicyclic amines) is 1. The summed E-state index contributed by atoms with van der Waals surface area (Å²) in [6.45, 7) is 10.8. The summed E-state index contributed by atoms with van der Waals surface area (Å²) in [4.78, 5) is 42.8. The molecule has 2 N–H and O–H groups in total. The van der Waals surface area contributed by atoms with E-state index in [2.05, 4.69) is 24.1 Å². The lowest BCUT2D eigenvalue weighted by atomic mass is 9.82. The summed E-state index contributed by atoms with van der Waals surface area (Å²) >= 11 is 0. The highest BCUT2D eigenvalue weighted by Crippen LogP contribution is 2.29. The molecule has 0 radical (unpaired) electrons. The number of piperidine rings is 1. The lowest BCUT2D eigenvalue weighted by molar-refractivity contribution is -0.141. The summed E-state index contributed by atoms with van der Waals surface area (Å²) in [7, 11) is 1.74. The summed E-state index contributed by atoms with van der Waals surface area (Å²) in [5, 5.41) is 12.6. The van der Waals surface area contributed by atoms with Crippen LogP contribution in [-0.2, 0) is 14.4 Å². The van der Waals surface area contributed by atoms with E-state index >= 15 is 0 Å². The fourth-order valence-corrected chi connectivity index (χ4v) is 5.54. The first-order chi connectivity index (χ1) is 16.1. The van der Waals surface area contributed by atoms with E-state index in [-0.39, 0.29) is 41.3 Å². The minimum absolute atomic E-state index is 0.0318. The zero-order valence-electron chi connectivity index (χ0n) is 22.2. The number of likely N-dealkylation sites (N-methyl/N-ethyl adjacent to an activating group) is 1. The van der Waals surface area contributed by atoms with Crippen molar-refractivity contribution in [2.75, 3.05) is 13.6 Å². The van der Waals surface area contributed by atoms with Crippen LogP contribution in [-0.4, -0.2) is 70.4 Å². The number of hydrogen-bond donors (Lipinski definition) is 2. The molecule has 1 saturated heterocycles. The van der Waals surface area contributed by atoms with Crippen molar-refractivity contribution in [3.63, 3.8) is 0 Å². The van der Waals surface area contributed by atoms with Gasteiger partial charge in [0.25, 0.3) is 0 Å². The summed E-state index contributed by atoms with van der Waals surface area (Å²) in [5.74, 6) is -0.961. The standard InChI is InChI=1S/C27H47N3O4/c1-7-20(5)30-16-12-11-15-22(30)25(31)28-24(21-13-9-8-10-14-21)26(32)29(6)23(18(2)3)17-19(4)27(33)34/h17-18,20-24H,7-16H2,1-6H3,(H,28,31)(H,33,34)/b19-17+/t20?,22-,23-,24+/m1/s1. The van der Waals surface area contributed by atoms with Crippen LogP contribution < -0.4 is 5.32 Å². The van der Waals surface area contributed by atoms with E-state index in [1.165, 1.54) is 6.42 Å². The average molecular weight is 478 g/mol. The van der Waals surface area contributed by atoms with Gasteiger partial charge in [-0.25, -0.2) is 4.79 Å². The van der Waals surface area contributed by atoms with Crippen molar-refractivity contribution in [3.05, 3.63) is 11.6 Å². The number of rotatable bonds is 10. The Labute approximate surface area is 206 Å². The van der Waals surface area contributed by atoms with Gasteiger partial charge in [-0.2, -0.15) is 0 Å². The van der Waals surface area contributed by atoms with Crippen molar-refractivity contribution in [2.45, 2.75) is 117 Å². The third-order valence-corrected chi connectivity index (χ3v) is 7.92. The number of carboxylic acid groups (broad SMARTS) is 1. The molecule has 2 fully saturated rings. The summed E-state index contributed by atoms with van der Waals surface area (Å²) in [5.41, 5.74) is 0.225. The van der Waals surface area contributed by atoms with E-state index in [4.69, 9.17) is 0 Å². The van der Waals surface area contributed by atoms with Crippen molar-refractivity contribution in [3.8, 4) is 0 Å². The molecule has 7 nitrogen and oxygen atoms in total. The number of carbonyl (C=O) groups is 3. The third-order valence-electron chi connectivity index (χ3n) is 7.92. The van der Waals surface area contributed by atoms with Crippen molar-refractivity contribution in [2.24, 2.45) is 11.8 Å². The van der Waals surface area contributed by atoms with Crippen molar-refractivity contribution in [1.29, 1.82) is 0 Å². The molecule has 2 amide bonds. The van der Waals surface area contributed by atoms with Gasteiger partial charge in [0.05, 0.1) is 12.1 Å². The van der Waals surface area contributed by atoms with Crippen LogP contribution in [0.15, 0.2) is 11.6 Å². The molecule has 7 heteroatoms. The van der Waals surface area contributed by atoms with Crippen LogP contribution in [0.4, 0.5) is 0 Å². The van der Waals surface area contributed by atoms with Crippen LogP contribution in [0.25, 0.3) is 0 Å². The van der Waals surface area contributed by atoms with E-state index in [9.17, 15) is 19.5 Å². The molecule has 2 aliphatic rings. The van der Waals surface area contributed by atoms with Crippen molar-refractivity contribution in [1.82, 2.24) is 15.1 Å². The first kappa shape index (κ1) is 28.3. The predicted molar refractivity (Wildman–Crippen MR) is 135 cm³/mol. The van der Waals surface area contributed by atoms with Gasteiger partial charge in [-0.05, 0) is 64.3 Å². The van der Waals surface area contributed by atoms with Crippen LogP contribution in [0.3, 0.4) is 0 Å². The van der Waals surface area contributed by atoms with Gasteiger partial charge in [-0.15, -0.1) is 0 Å². The smallest absolute Gasteiger partial charge is 0.331 e. The maximum absolute atomic E-state index is 13.9. The molecule has 0 bridgehead atoms. The van der Waals surface area contributed by atoms with Crippen LogP contribution in [0.5, 0.6) is 0 Å². The minimum Gasteiger partial charge on any atom is -0.478 e.